The topological polar surface area (TPSA) is 38.7 Å². The second kappa shape index (κ2) is 3.66. The Morgan fingerprint density at radius 3 is 2.62 bits per heavy atom. The van der Waals surface area contributed by atoms with Crippen LogP contribution in [-0.2, 0) is 4.74 Å². The molecule has 1 aromatic carbocycles. The molecule has 0 spiro atoms. The number of ether oxygens (including phenoxy) is 2. The number of benzene rings is 1. The zero-order chi connectivity index (χ0) is 9.10. The van der Waals surface area contributed by atoms with Crippen molar-refractivity contribution in [2.75, 3.05) is 13.2 Å². The van der Waals surface area contributed by atoms with Gasteiger partial charge in [-0.05, 0) is 24.3 Å². The second-order valence-corrected chi connectivity index (χ2v) is 3.09. The molecule has 1 aromatic rings. The van der Waals surface area contributed by atoms with Gasteiger partial charge < -0.3 is 14.6 Å². The summed E-state index contributed by atoms with van der Waals surface area (Å²) in [5.41, 5.74) is 0. The molecular weight excluding hydrogens is 168 g/mol. The van der Waals surface area contributed by atoms with Gasteiger partial charge in [-0.25, -0.2) is 0 Å². The normalized spacial score (nSPS) is 20.8. The first-order valence-electron chi connectivity index (χ1n) is 4.38. The summed E-state index contributed by atoms with van der Waals surface area (Å²) in [4.78, 5) is 0. The van der Waals surface area contributed by atoms with Gasteiger partial charge in [0.2, 0.25) is 0 Å². The summed E-state index contributed by atoms with van der Waals surface area (Å²) in [5.74, 6) is 1.03. The molecule has 0 aromatic heterocycles. The maximum atomic E-state index is 9.01. The second-order valence-electron chi connectivity index (χ2n) is 3.09. The number of hydrogen-bond acceptors (Lipinski definition) is 3. The number of rotatable bonds is 3. The first-order valence-corrected chi connectivity index (χ1v) is 4.38. The summed E-state index contributed by atoms with van der Waals surface area (Å²) in [6.45, 7) is 1.45. The van der Waals surface area contributed by atoms with Crippen molar-refractivity contribution in [2.24, 2.45) is 0 Å². The third-order valence-corrected chi connectivity index (χ3v) is 2.07. The van der Waals surface area contributed by atoms with Crippen LogP contribution >= 0.6 is 0 Å². The third-order valence-electron chi connectivity index (χ3n) is 2.07. The SMILES string of the molecule is Oc1ccc(OC[C@@H]2CCO2)cc1. The molecule has 2 rings (SSSR count). The van der Waals surface area contributed by atoms with E-state index in [1.165, 1.54) is 0 Å². The average molecular weight is 180 g/mol. The van der Waals surface area contributed by atoms with Crippen LogP contribution in [0.2, 0.25) is 0 Å². The van der Waals surface area contributed by atoms with Crippen molar-refractivity contribution in [3.8, 4) is 11.5 Å². The van der Waals surface area contributed by atoms with E-state index in [-0.39, 0.29) is 11.9 Å². The van der Waals surface area contributed by atoms with Gasteiger partial charge in [-0.2, -0.15) is 0 Å². The highest BCUT2D eigenvalue weighted by molar-refractivity contribution is 5.30. The molecule has 1 saturated heterocycles. The van der Waals surface area contributed by atoms with Gasteiger partial charge in [0.25, 0.3) is 0 Å². The van der Waals surface area contributed by atoms with Crippen LogP contribution in [0.4, 0.5) is 0 Å². The predicted molar refractivity (Wildman–Crippen MR) is 48.0 cm³/mol. The quantitative estimate of drug-likeness (QED) is 0.767. The maximum absolute atomic E-state index is 9.01. The lowest BCUT2D eigenvalue weighted by Crippen LogP contribution is -2.32. The van der Waals surface area contributed by atoms with Crippen molar-refractivity contribution in [1.29, 1.82) is 0 Å². The molecule has 0 aliphatic carbocycles. The highest BCUT2D eigenvalue weighted by Crippen LogP contribution is 2.18. The molecule has 3 heteroatoms. The van der Waals surface area contributed by atoms with E-state index in [2.05, 4.69) is 0 Å². The number of aromatic hydroxyl groups is 1. The fraction of sp³-hybridized carbons (Fsp3) is 0.400. The fourth-order valence-electron chi connectivity index (χ4n) is 1.15. The molecule has 0 saturated carbocycles. The van der Waals surface area contributed by atoms with Crippen molar-refractivity contribution in [1.82, 2.24) is 0 Å². The van der Waals surface area contributed by atoms with Crippen LogP contribution in [0.3, 0.4) is 0 Å². The minimum absolute atomic E-state index is 0.257. The van der Waals surface area contributed by atoms with Gasteiger partial charge >= 0.3 is 0 Å². The summed E-state index contributed by atoms with van der Waals surface area (Å²) in [6, 6.07) is 6.70. The van der Waals surface area contributed by atoms with Crippen LogP contribution in [0, 0.1) is 0 Å². The van der Waals surface area contributed by atoms with Crippen LogP contribution in [0.5, 0.6) is 11.5 Å². The highest BCUT2D eigenvalue weighted by atomic mass is 16.5. The Morgan fingerprint density at radius 2 is 2.08 bits per heavy atom. The van der Waals surface area contributed by atoms with Crippen LogP contribution in [0.15, 0.2) is 24.3 Å². The molecule has 3 nitrogen and oxygen atoms in total. The van der Waals surface area contributed by atoms with Gasteiger partial charge in [0.05, 0.1) is 6.10 Å². The van der Waals surface area contributed by atoms with Crippen LogP contribution in [-0.4, -0.2) is 24.4 Å². The van der Waals surface area contributed by atoms with Crippen LogP contribution in [0.25, 0.3) is 0 Å². The van der Waals surface area contributed by atoms with Gasteiger partial charge in [0, 0.05) is 13.0 Å². The van der Waals surface area contributed by atoms with E-state index in [1.54, 1.807) is 24.3 Å². The molecule has 0 radical (unpaired) electrons. The highest BCUT2D eigenvalue weighted by Gasteiger charge is 2.18. The van der Waals surface area contributed by atoms with E-state index in [4.69, 9.17) is 14.6 Å². The molecule has 0 unspecified atom stereocenters. The Morgan fingerprint density at radius 1 is 1.38 bits per heavy atom. The Hall–Kier alpha value is -1.22. The van der Waals surface area contributed by atoms with Gasteiger partial charge in [0.15, 0.2) is 0 Å². The summed E-state index contributed by atoms with van der Waals surface area (Å²) in [7, 11) is 0. The van der Waals surface area contributed by atoms with Crippen molar-refractivity contribution in [3.63, 3.8) is 0 Å². The minimum Gasteiger partial charge on any atom is -0.508 e. The maximum Gasteiger partial charge on any atom is 0.119 e. The first kappa shape index (κ1) is 8.38. The molecule has 13 heavy (non-hydrogen) atoms. The zero-order valence-corrected chi connectivity index (χ0v) is 7.27. The molecule has 1 N–H and O–H groups in total. The summed E-state index contributed by atoms with van der Waals surface area (Å²) in [6.07, 6.45) is 1.34. The molecule has 0 bridgehead atoms. The van der Waals surface area contributed by atoms with E-state index in [9.17, 15) is 0 Å². The molecule has 1 aliphatic heterocycles. The number of phenolic OH excluding ortho intramolecular Hbond substituents is 1. The minimum atomic E-state index is 0.257. The lowest BCUT2D eigenvalue weighted by Gasteiger charge is -2.26. The molecular formula is C10H12O3. The van der Waals surface area contributed by atoms with E-state index in [1.807, 2.05) is 0 Å². The summed E-state index contributed by atoms with van der Waals surface area (Å²) in [5, 5.41) is 9.01. The van der Waals surface area contributed by atoms with Crippen molar-refractivity contribution in [3.05, 3.63) is 24.3 Å². The smallest absolute Gasteiger partial charge is 0.119 e. The van der Waals surface area contributed by atoms with Gasteiger partial charge in [-0.15, -0.1) is 0 Å². The van der Waals surface area contributed by atoms with E-state index < -0.39 is 0 Å². The fourth-order valence-corrected chi connectivity index (χ4v) is 1.15. The Balaban J connectivity index is 1.83. The summed E-state index contributed by atoms with van der Waals surface area (Å²) >= 11 is 0. The van der Waals surface area contributed by atoms with Crippen molar-refractivity contribution < 1.29 is 14.6 Å². The largest absolute Gasteiger partial charge is 0.508 e. The Kier molecular flexibility index (Phi) is 2.36. The predicted octanol–water partition coefficient (Wildman–Crippen LogP) is 1.56. The summed E-state index contributed by atoms with van der Waals surface area (Å²) < 4.78 is 10.6. The lowest BCUT2D eigenvalue weighted by atomic mass is 10.2. The van der Waals surface area contributed by atoms with E-state index >= 15 is 0 Å². The Labute approximate surface area is 76.9 Å². The van der Waals surface area contributed by atoms with Gasteiger partial charge in [0.1, 0.15) is 18.1 Å². The van der Waals surface area contributed by atoms with Gasteiger partial charge in [-0.3, -0.25) is 0 Å². The molecule has 1 aliphatic rings. The van der Waals surface area contributed by atoms with Gasteiger partial charge in [-0.1, -0.05) is 0 Å². The van der Waals surface area contributed by atoms with Crippen molar-refractivity contribution >= 4 is 0 Å². The van der Waals surface area contributed by atoms with Crippen LogP contribution in [0.1, 0.15) is 6.42 Å². The standard InChI is InChI=1S/C10H12O3/c11-8-1-3-9(4-2-8)13-7-10-5-6-12-10/h1-4,10-11H,5-7H2/t10-/m0/s1. The third kappa shape index (κ3) is 2.12. The van der Waals surface area contributed by atoms with E-state index in [0.29, 0.717) is 6.61 Å². The molecule has 1 atom stereocenters. The molecule has 70 valence electrons. The van der Waals surface area contributed by atoms with Crippen LogP contribution < -0.4 is 4.74 Å². The molecule has 0 amide bonds. The average Bonchev–Trinajstić information content (AvgIpc) is 2.05. The number of hydrogen-bond donors (Lipinski definition) is 1. The monoisotopic (exact) mass is 180 g/mol. The first-order chi connectivity index (χ1) is 6.34. The molecule has 1 fully saturated rings. The zero-order valence-electron chi connectivity index (χ0n) is 7.27. The Bertz CT molecular complexity index is 264. The number of phenols is 1. The lowest BCUT2D eigenvalue weighted by molar-refractivity contribution is -0.0720. The van der Waals surface area contributed by atoms with E-state index in [0.717, 1.165) is 18.8 Å². The molecule has 1 heterocycles. The van der Waals surface area contributed by atoms with Crippen molar-refractivity contribution in [2.45, 2.75) is 12.5 Å².